The third kappa shape index (κ3) is 2.31. The van der Waals surface area contributed by atoms with Gasteiger partial charge in [-0.3, -0.25) is 4.79 Å². The normalized spacial score (nSPS) is 15.3. The van der Waals surface area contributed by atoms with Crippen LogP contribution in [0.2, 0.25) is 15.1 Å². The standard InChI is InChI=1S/C15H7Cl3O2/c16-9-6-10-14(19)13(20-15(10)12(18)7-9)5-8-3-1-2-4-11(8)17/h1-7H. The van der Waals surface area contributed by atoms with Crippen LogP contribution in [-0.4, -0.2) is 5.78 Å². The molecule has 0 saturated carbocycles. The number of carbonyl (C=O) groups excluding carboxylic acids is 1. The van der Waals surface area contributed by atoms with Crippen LogP contribution in [0.15, 0.2) is 42.2 Å². The second-order valence-electron chi connectivity index (χ2n) is 4.23. The van der Waals surface area contributed by atoms with E-state index in [1.54, 1.807) is 24.3 Å². The van der Waals surface area contributed by atoms with E-state index < -0.39 is 0 Å². The average Bonchev–Trinajstić information content (AvgIpc) is 2.71. The van der Waals surface area contributed by atoms with Crippen molar-refractivity contribution in [1.29, 1.82) is 0 Å². The minimum atomic E-state index is -0.260. The molecule has 0 unspecified atom stereocenters. The number of allylic oxidation sites excluding steroid dienone is 1. The van der Waals surface area contributed by atoms with Crippen LogP contribution in [0.1, 0.15) is 15.9 Å². The van der Waals surface area contributed by atoms with E-state index in [4.69, 9.17) is 39.5 Å². The molecule has 0 bridgehead atoms. The molecule has 0 N–H and O–H groups in total. The first-order valence-corrected chi connectivity index (χ1v) is 6.87. The molecule has 2 aromatic carbocycles. The van der Waals surface area contributed by atoms with Gasteiger partial charge in [0.05, 0.1) is 10.6 Å². The van der Waals surface area contributed by atoms with Gasteiger partial charge < -0.3 is 4.74 Å². The highest BCUT2D eigenvalue weighted by atomic mass is 35.5. The first kappa shape index (κ1) is 13.5. The topological polar surface area (TPSA) is 26.3 Å². The zero-order valence-electron chi connectivity index (χ0n) is 9.99. The molecule has 0 aliphatic carbocycles. The van der Waals surface area contributed by atoms with Gasteiger partial charge in [0.15, 0.2) is 11.5 Å². The molecule has 20 heavy (non-hydrogen) atoms. The summed E-state index contributed by atoms with van der Waals surface area (Å²) in [5, 5.41) is 1.24. The molecule has 2 aromatic rings. The number of ketones is 1. The molecule has 0 fully saturated rings. The number of hydrogen-bond donors (Lipinski definition) is 0. The molecule has 2 nitrogen and oxygen atoms in total. The van der Waals surface area contributed by atoms with Crippen molar-refractivity contribution in [3.8, 4) is 5.75 Å². The third-order valence-electron chi connectivity index (χ3n) is 2.88. The number of Topliss-reactive ketones (excluding diaryl/α,β-unsaturated/α-hetero) is 1. The summed E-state index contributed by atoms with van der Waals surface area (Å²) in [6, 6.07) is 10.3. The fraction of sp³-hybridized carbons (Fsp3) is 0. The van der Waals surface area contributed by atoms with E-state index in [0.29, 0.717) is 31.9 Å². The Morgan fingerprint density at radius 3 is 2.50 bits per heavy atom. The molecule has 5 heteroatoms. The van der Waals surface area contributed by atoms with Gasteiger partial charge in [-0.1, -0.05) is 53.0 Å². The Hall–Kier alpha value is -1.48. The molecule has 0 radical (unpaired) electrons. The predicted octanol–water partition coefficient (Wildman–Crippen LogP) is 5.26. The molecule has 3 rings (SSSR count). The Kier molecular flexibility index (Phi) is 3.47. The quantitative estimate of drug-likeness (QED) is 0.668. The van der Waals surface area contributed by atoms with Crippen molar-refractivity contribution in [2.24, 2.45) is 0 Å². The molecule has 0 amide bonds. The molecule has 1 aliphatic rings. The van der Waals surface area contributed by atoms with Crippen LogP contribution in [0, 0.1) is 0 Å². The summed E-state index contributed by atoms with van der Waals surface area (Å²) in [5.41, 5.74) is 1.06. The van der Waals surface area contributed by atoms with Gasteiger partial charge in [-0.15, -0.1) is 0 Å². The molecular formula is C15H7Cl3O2. The number of carbonyl (C=O) groups is 1. The van der Waals surface area contributed by atoms with Crippen molar-refractivity contribution in [2.45, 2.75) is 0 Å². The van der Waals surface area contributed by atoms with Gasteiger partial charge in [0.2, 0.25) is 5.78 Å². The highest BCUT2D eigenvalue weighted by Crippen LogP contribution is 2.40. The van der Waals surface area contributed by atoms with Gasteiger partial charge in [0.25, 0.3) is 0 Å². The third-order valence-corrected chi connectivity index (χ3v) is 3.72. The van der Waals surface area contributed by atoms with Gasteiger partial charge in [-0.2, -0.15) is 0 Å². The minimum Gasteiger partial charge on any atom is -0.451 e. The van der Waals surface area contributed by atoms with Crippen LogP contribution in [0.4, 0.5) is 0 Å². The van der Waals surface area contributed by atoms with Crippen molar-refractivity contribution in [2.75, 3.05) is 0 Å². The van der Waals surface area contributed by atoms with Crippen molar-refractivity contribution >= 4 is 46.7 Å². The SMILES string of the molecule is O=C1C(=Cc2ccccc2Cl)Oc2c(Cl)cc(Cl)cc21. The number of ether oxygens (including phenoxy) is 1. The maximum Gasteiger partial charge on any atom is 0.232 e. The summed E-state index contributed by atoms with van der Waals surface area (Å²) in [6.07, 6.45) is 1.59. The van der Waals surface area contributed by atoms with E-state index in [2.05, 4.69) is 0 Å². The maximum absolute atomic E-state index is 12.3. The Labute approximate surface area is 130 Å². The monoisotopic (exact) mass is 324 g/mol. The fourth-order valence-corrected chi connectivity index (χ4v) is 2.67. The minimum absolute atomic E-state index is 0.178. The van der Waals surface area contributed by atoms with Gasteiger partial charge in [0, 0.05) is 10.0 Å². The van der Waals surface area contributed by atoms with Crippen LogP contribution in [0.3, 0.4) is 0 Å². The van der Waals surface area contributed by atoms with E-state index in [9.17, 15) is 4.79 Å². The lowest BCUT2D eigenvalue weighted by Crippen LogP contribution is -1.98. The lowest BCUT2D eigenvalue weighted by molar-refractivity contribution is 0.101. The second-order valence-corrected chi connectivity index (χ2v) is 5.48. The number of halogens is 3. The van der Waals surface area contributed by atoms with Crippen LogP contribution in [0.25, 0.3) is 6.08 Å². The van der Waals surface area contributed by atoms with Crippen LogP contribution in [-0.2, 0) is 0 Å². The van der Waals surface area contributed by atoms with Gasteiger partial charge in [-0.05, 0) is 29.8 Å². The second kappa shape index (κ2) is 5.13. The van der Waals surface area contributed by atoms with Crippen molar-refractivity contribution in [3.05, 3.63) is 68.4 Å². The average molecular weight is 326 g/mol. The summed E-state index contributed by atoms with van der Waals surface area (Å²) in [4.78, 5) is 12.3. The van der Waals surface area contributed by atoms with E-state index in [0.717, 1.165) is 0 Å². The van der Waals surface area contributed by atoms with Crippen LogP contribution < -0.4 is 4.74 Å². The maximum atomic E-state index is 12.3. The Morgan fingerprint density at radius 2 is 1.75 bits per heavy atom. The smallest absolute Gasteiger partial charge is 0.232 e. The number of rotatable bonds is 1. The zero-order valence-corrected chi connectivity index (χ0v) is 12.3. The first-order chi connectivity index (χ1) is 9.56. The van der Waals surface area contributed by atoms with Crippen molar-refractivity contribution in [3.63, 3.8) is 0 Å². The predicted molar refractivity (Wildman–Crippen MR) is 80.8 cm³/mol. The summed E-state index contributed by atoms with van der Waals surface area (Å²) >= 11 is 18.0. The van der Waals surface area contributed by atoms with Gasteiger partial charge in [0.1, 0.15) is 0 Å². The summed E-state index contributed by atoms with van der Waals surface area (Å²) < 4.78 is 5.53. The molecule has 0 spiro atoms. The fourth-order valence-electron chi connectivity index (χ4n) is 1.95. The Morgan fingerprint density at radius 1 is 1.00 bits per heavy atom. The van der Waals surface area contributed by atoms with Crippen molar-refractivity contribution in [1.82, 2.24) is 0 Å². The molecular weight excluding hydrogens is 319 g/mol. The number of hydrogen-bond acceptors (Lipinski definition) is 2. The highest BCUT2D eigenvalue weighted by Gasteiger charge is 2.30. The summed E-state index contributed by atoms with van der Waals surface area (Å²) in [7, 11) is 0. The molecule has 0 aromatic heterocycles. The lowest BCUT2D eigenvalue weighted by Gasteiger charge is -2.01. The molecule has 1 heterocycles. The van der Waals surface area contributed by atoms with E-state index in [1.165, 1.54) is 6.07 Å². The Bertz CT molecular complexity index is 751. The molecule has 100 valence electrons. The summed E-state index contributed by atoms with van der Waals surface area (Å²) in [6.45, 7) is 0. The van der Waals surface area contributed by atoms with Gasteiger partial charge in [-0.25, -0.2) is 0 Å². The zero-order chi connectivity index (χ0) is 14.3. The molecule has 0 saturated heterocycles. The van der Waals surface area contributed by atoms with E-state index >= 15 is 0 Å². The van der Waals surface area contributed by atoms with Gasteiger partial charge >= 0.3 is 0 Å². The Balaban J connectivity index is 2.07. The summed E-state index contributed by atoms with van der Waals surface area (Å²) in [5.74, 6) is 0.251. The van der Waals surface area contributed by atoms with Crippen molar-refractivity contribution < 1.29 is 9.53 Å². The number of benzene rings is 2. The lowest BCUT2D eigenvalue weighted by atomic mass is 10.1. The van der Waals surface area contributed by atoms with Crippen LogP contribution in [0.5, 0.6) is 5.75 Å². The largest absolute Gasteiger partial charge is 0.451 e. The van der Waals surface area contributed by atoms with E-state index in [-0.39, 0.29) is 11.5 Å². The molecule has 1 aliphatic heterocycles. The molecule has 0 atom stereocenters. The van der Waals surface area contributed by atoms with Crippen LogP contribution >= 0.6 is 34.8 Å². The number of fused-ring (bicyclic) bond motifs is 1. The first-order valence-electron chi connectivity index (χ1n) is 5.74. The van der Waals surface area contributed by atoms with E-state index in [1.807, 2.05) is 12.1 Å². The highest BCUT2D eigenvalue weighted by molar-refractivity contribution is 6.37.